The molecule has 0 fully saturated rings. The van der Waals surface area contributed by atoms with Crippen LogP contribution in [0.25, 0.3) is 0 Å². The molecule has 30 heavy (non-hydrogen) atoms. The number of hydrogen-bond acceptors (Lipinski definition) is 6. The molecular weight excluding hydrogens is 413 g/mol. The van der Waals surface area contributed by atoms with E-state index < -0.39 is 27.3 Å². The third kappa shape index (κ3) is 6.29. The molecule has 0 saturated heterocycles. The van der Waals surface area contributed by atoms with Crippen LogP contribution in [0.4, 0.5) is 9.18 Å². The van der Waals surface area contributed by atoms with Gasteiger partial charge in [0.05, 0.1) is 0 Å². The quantitative estimate of drug-likeness (QED) is 0.615. The summed E-state index contributed by atoms with van der Waals surface area (Å²) in [5.74, 6) is -1.54. The summed E-state index contributed by atoms with van der Waals surface area (Å²) < 4.78 is 50.0. The lowest BCUT2D eigenvalue weighted by Crippen LogP contribution is -2.34. The van der Waals surface area contributed by atoms with Gasteiger partial charge in [-0.3, -0.25) is 4.79 Å². The van der Waals surface area contributed by atoms with Crippen LogP contribution in [0.1, 0.15) is 52.5 Å². The zero-order valence-corrected chi connectivity index (χ0v) is 18.4. The van der Waals surface area contributed by atoms with Gasteiger partial charge in [-0.15, -0.1) is 0 Å². The van der Waals surface area contributed by atoms with E-state index in [9.17, 15) is 22.4 Å². The second-order valence-corrected chi connectivity index (χ2v) is 9.52. The van der Waals surface area contributed by atoms with Crippen molar-refractivity contribution in [3.05, 3.63) is 41.2 Å². The van der Waals surface area contributed by atoms with Crippen LogP contribution in [0.3, 0.4) is 0 Å². The van der Waals surface area contributed by atoms with Crippen molar-refractivity contribution in [2.24, 2.45) is 5.92 Å². The molecule has 0 heterocycles. The second-order valence-electron chi connectivity index (χ2n) is 7.80. The van der Waals surface area contributed by atoms with Crippen molar-refractivity contribution in [1.29, 1.82) is 0 Å². The smallest absolute Gasteiger partial charge is 0.407 e. The number of carbonyl (C=O) groups excluding carboxylic acids is 2. The van der Waals surface area contributed by atoms with Crippen LogP contribution in [0.15, 0.2) is 29.8 Å². The van der Waals surface area contributed by atoms with Gasteiger partial charge in [0.1, 0.15) is 23.4 Å². The first-order chi connectivity index (χ1) is 14.0. The summed E-state index contributed by atoms with van der Waals surface area (Å²) in [5, 5.41) is 1.43. The zero-order valence-electron chi connectivity index (χ0n) is 17.6. The molecule has 1 aliphatic carbocycles. The fraction of sp³-hybridized carbons (Fsp3) is 0.524. The van der Waals surface area contributed by atoms with Crippen molar-refractivity contribution in [2.45, 2.75) is 64.9 Å². The Labute approximate surface area is 176 Å². The van der Waals surface area contributed by atoms with E-state index in [1.165, 1.54) is 12.1 Å². The normalized spacial score (nSPS) is 16.9. The van der Waals surface area contributed by atoms with Gasteiger partial charge in [0, 0.05) is 29.2 Å². The Balaban J connectivity index is 2.12. The Morgan fingerprint density at radius 3 is 2.53 bits per heavy atom. The number of ether oxygens (including phenoxy) is 1. The molecule has 1 aromatic carbocycles. The Morgan fingerprint density at radius 1 is 1.23 bits per heavy atom. The summed E-state index contributed by atoms with van der Waals surface area (Å²) in [5.41, 5.74) is 0.310. The maximum absolute atomic E-state index is 14.3. The highest BCUT2D eigenvalue weighted by Crippen LogP contribution is 2.30. The molecule has 7 nitrogen and oxygen atoms in total. The first-order valence-electron chi connectivity index (χ1n) is 9.90. The lowest BCUT2D eigenvalue weighted by atomic mass is 9.91. The minimum Gasteiger partial charge on any atom is -0.445 e. The van der Waals surface area contributed by atoms with Crippen molar-refractivity contribution >= 4 is 22.0 Å². The number of alkyl carbamates (subject to hydrolysis) is 1. The number of carbonyl (C=O) groups is 2. The predicted octanol–water partition coefficient (Wildman–Crippen LogP) is 3.87. The highest BCUT2D eigenvalue weighted by Gasteiger charge is 2.36. The average Bonchev–Trinajstić information content (AvgIpc) is 2.65. The average molecular weight is 442 g/mol. The summed E-state index contributed by atoms with van der Waals surface area (Å²) in [6, 6.07) is 3.38. The molecule has 0 saturated carbocycles. The minimum atomic E-state index is -4.18. The van der Waals surface area contributed by atoms with Gasteiger partial charge in [-0.2, -0.15) is 8.42 Å². The molecule has 2 rings (SSSR count). The second kappa shape index (κ2) is 10.1. The maximum Gasteiger partial charge on any atom is 0.407 e. The number of benzene rings is 1. The molecular formula is C21H28FNO6S. The monoisotopic (exact) mass is 441 g/mol. The first-order valence-corrected chi connectivity index (χ1v) is 11.4. The molecule has 1 atom stereocenters. The summed E-state index contributed by atoms with van der Waals surface area (Å²) in [4.78, 5) is 23.9. The van der Waals surface area contributed by atoms with Gasteiger partial charge in [-0.25, -0.2) is 9.18 Å². The topological polar surface area (TPSA) is 98.8 Å². The minimum absolute atomic E-state index is 0.0758. The van der Waals surface area contributed by atoms with E-state index in [1.54, 1.807) is 33.8 Å². The predicted molar refractivity (Wildman–Crippen MR) is 110 cm³/mol. The SMILES string of the molecule is CC(C)NC(=O)OCc1ccc(OS(=O)(=O)C2CCCC=C2C(=O)C(C)C)cc1F. The molecule has 1 N–H and O–H groups in total. The van der Waals surface area contributed by atoms with E-state index in [2.05, 4.69) is 5.32 Å². The Bertz CT molecular complexity index is 923. The molecule has 1 aromatic rings. The molecule has 0 aliphatic heterocycles. The number of rotatable bonds is 8. The number of hydrogen-bond donors (Lipinski definition) is 1. The number of amides is 1. The van der Waals surface area contributed by atoms with Gasteiger partial charge in [-0.05, 0) is 45.2 Å². The Morgan fingerprint density at radius 2 is 1.93 bits per heavy atom. The highest BCUT2D eigenvalue weighted by molar-refractivity contribution is 7.88. The van der Waals surface area contributed by atoms with Crippen molar-refractivity contribution < 1.29 is 31.3 Å². The maximum atomic E-state index is 14.3. The molecule has 0 spiro atoms. The fourth-order valence-electron chi connectivity index (χ4n) is 3.05. The lowest BCUT2D eigenvalue weighted by molar-refractivity contribution is -0.118. The van der Waals surface area contributed by atoms with Gasteiger partial charge in [0.25, 0.3) is 0 Å². The fourth-order valence-corrected chi connectivity index (χ4v) is 4.52. The van der Waals surface area contributed by atoms with Crippen molar-refractivity contribution in [3.8, 4) is 5.75 Å². The molecule has 1 aliphatic rings. The molecule has 166 valence electrons. The molecule has 0 bridgehead atoms. The third-order valence-corrected chi connectivity index (χ3v) is 6.15. The van der Waals surface area contributed by atoms with Crippen molar-refractivity contribution in [3.63, 3.8) is 0 Å². The van der Waals surface area contributed by atoms with E-state index in [-0.39, 0.29) is 47.7 Å². The van der Waals surface area contributed by atoms with E-state index in [0.29, 0.717) is 12.8 Å². The third-order valence-electron chi connectivity index (χ3n) is 4.54. The van der Waals surface area contributed by atoms with E-state index in [4.69, 9.17) is 8.92 Å². The van der Waals surface area contributed by atoms with Gasteiger partial charge >= 0.3 is 16.2 Å². The number of allylic oxidation sites excluding steroid dienone is 1. The van der Waals surface area contributed by atoms with Gasteiger partial charge in [0.2, 0.25) is 0 Å². The van der Waals surface area contributed by atoms with Crippen LogP contribution in [-0.4, -0.2) is 31.6 Å². The molecule has 9 heteroatoms. The zero-order chi connectivity index (χ0) is 22.5. The van der Waals surface area contributed by atoms with E-state index >= 15 is 0 Å². The van der Waals surface area contributed by atoms with Gasteiger partial charge in [0.15, 0.2) is 5.78 Å². The van der Waals surface area contributed by atoms with Gasteiger partial charge in [-0.1, -0.05) is 19.9 Å². The Hall–Kier alpha value is -2.42. The number of nitrogens with one attached hydrogen (secondary N) is 1. The summed E-state index contributed by atoms with van der Waals surface area (Å²) in [7, 11) is -4.18. The number of Topliss-reactive ketones (excluding diaryl/α,β-unsaturated/α-hetero) is 1. The van der Waals surface area contributed by atoms with Crippen LogP contribution < -0.4 is 9.50 Å². The molecule has 0 aromatic heterocycles. The van der Waals surface area contributed by atoms with Crippen LogP contribution >= 0.6 is 0 Å². The largest absolute Gasteiger partial charge is 0.445 e. The summed E-state index contributed by atoms with van der Waals surface area (Å²) >= 11 is 0. The van der Waals surface area contributed by atoms with Gasteiger partial charge < -0.3 is 14.2 Å². The standard InChI is InChI=1S/C21H28FNO6S/c1-13(2)20(24)17-7-5-6-8-19(17)30(26,27)29-16-10-9-15(18(22)11-16)12-28-21(25)23-14(3)4/h7,9-11,13-14,19H,5-6,8,12H2,1-4H3,(H,23,25). The number of halogens is 1. The molecule has 0 radical (unpaired) electrons. The van der Waals surface area contributed by atoms with E-state index in [1.807, 2.05) is 0 Å². The van der Waals surface area contributed by atoms with Crippen LogP contribution in [0.2, 0.25) is 0 Å². The van der Waals surface area contributed by atoms with Crippen LogP contribution in [0.5, 0.6) is 5.75 Å². The summed E-state index contributed by atoms with van der Waals surface area (Å²) in [6.07, 6.45) is 2.49. The van der Waals surface area contributed by atoms with Crippen molar-refractivity contribution in [1.82, 2.24) is 5.32 Å². The van der Waals surface area contributed by atoms with Crippen LogP contribution in [-0.2, 0) is 26.3 Å². The molecule has 1 unspecified atom stereocenters. The lowest BCUT2D eigenvalue weighted by Gasteiger charge is -2.24. The molecule has 1 amide bonds. The van der Waals surface area contributed by atoms with E-state index in [0.717, 1.165) is 6.07 Å². The highest BCUT2D eigenvalue weighted by atomic mass is 32.2. The van der Waals surface area contributed by atoms with Crippen molar-refractivity contribution in [2.75, 3.05) is 0 Å². The Kier molecular flexibility index (Phi) is 8.00. The van der Waals surface area contributed by atoms with Crippen LogP contribution in [0, 0.1) is 11.7 Å². The summed E-state index contributed by atoms with van der Waals surface area (Å²) in [6.45, 7) is 6.63. The first kappa shape index (κ1) is 23.9. The number of ketones is 1.